The van der Waals surface area contributed by atoms with Crippen molar-refractivity contribution in [2.24, 2.45) is 0 Å². The number of methoxy groups -OCH3 is 3. The van der Waals surface area contributed by atoms with Gasteiger partial charge in [0.25, 0.3) is 0 Å². The molecule has 8 nitrogen and oxygen atoms in total. The first-order valence-corrected chi connectivity index (χ1v) is 8.43. The zero-order valence-electron chi connectivity index (χ0n) is 16.1. The number of aliphatic hydroxyl groups is 1. The second-order valence-corrected chi connectivity index (χ2v) is 5.60. The van der Waals surface area contributed by atoms with Crippen molar-refractivity contribution in [2.45, 2.75) is 6.61 Å². The summed E-state index contributed by atoms with van der Waals surface area (Å²) in [5.41, 5.74) is 0.985. The number of para-hydroxylation sites is 1. The number of aliphatic hydroxyl groups excluding tert-OH is 1. The molecule has 0 atom stereocenters. The molecule has 0 amide bonds. The Hall–Kier alpha value is -2.65. The van der Waals surface area contributed by atoms with E-state index >= 15 is 0 Å². The molecule has 2 rings (SSSR count). The van der Waals surface area contributed by atoms with Crippen LogP contribution < -0.4 is 14.2 Å². The fourth-order valence-corrected chi connectivity index (χ4v) is 2.47. The van der Waals surface area contributed by atoms with Crippen LogP contribution in [0.15, 0.2) is 36.4 Å². The SMILES string of the molecule is COCOc1ccccc1C(=O)c1c(OCOC)cc(CO)cc1OCOC. The zero-order valence-corrected chi connectivity index (χ0v) is 16.1. The Labute approximate surface area is 163 Å². The summed E-state index contributed by atoms with van der Waals surface area (Å²) >= 11 is 0. The van der Waals surface area contributed by atoms with E-state index in [-0.39, 0.29) is 49.8 Å². The van der Waals surface area contributed by atoms with Crippen LogP contribution in [0.2, 0.25) is 0 Å². The second kappa shape index (κ2) is 11.3. The molecule has 0 heterocycles. The van der Waals surface area contributed by atoms with E-state index in [0.29, 0.717) is 16.9 Å². The quantitative estimate of drug-likeness (QED) is 0.435. The van der Waals surface area contributed by atoms with Gasteiger partial charge >= 0.3 is 0 Å². The molecule has 0 fully saturated rings. The van der Waals surface area contributed by atoms with Crippen molar-refractivity contribution in [1.82, 2.24) is 0 Å². The van der Waals surface area contributed by atoms with Gasteiger partial charge in [0, 0.05) is 21.3 Å². The molecule has 0 radical (unpaired) electrons. The molecule has 0 aliphatic heterocycles. The third-order valence-corrected chi connectivity index (χ3v) is 3.66. The molecule has 0 aliphatic rings. The molecule has 2 aromatic rings. The summed E-state index contributed by atoms with van der Waals surface area (Å²) in [4.78, 5) is 13.4. The first kappa shape index (κ1) is 21.6. The van der Waals surface area contributed by atoms with Crippen molar-refractivity contribution < 1.29 is 38.3 Å². The summed E-state index contributed by atoms with van der Waals surface area (Å²) in [5, 5.41) is 9.53. The summed E-state index contributed by atoms with van der Waals surface area (Å²) in [6.07, 6.45) is 0. The van der Waals surface area contributed by atoms with E-state index in [1.165, 1.54) is 21.3 Å². The summed E-state index contributed by atoms with van der Waals surface area (Å²) < 4.78 is 31.5. The van der Waals surface area contributed by atoms with Crippen LogP contribution in [-0.2, 0) is 20.8 Å². The Kier molecular flexibility index (Phi) is 8.70. The Morgan fingerprint density at radius 3 is 1.82 bits per heavy atom. The summed E-state index contributed by atoms with van der Waals surface area (Å²) in [6.45, 7) is -0.427. The molecule has 0 bridgehead atoms. The van der Waals surface area contributed by atoms with Gasteiger partial charge in [-0.1, -0.05) is 12.1 Å². The average Bonchev–Trinajstić information content (AvgIpc) is 2.73. The van der Waals surface area contributed by atoms with E-state index in [0.717, 1.165) is 0 Å². The normalized spacial score (nSPS) is 10.6. The van der Waals surface area contributed by atoms with Gasteiger partial charge in [-0.2, -0.15) is 0 Å². The molecule has 28 heavy (non-hydrogen) atoms. The van der Waals surface area contributed by atoms with Crippen molar-refractivity contribution in [3.8, 4) is 17.2 Å². The summed E-state index contributed by atoms with van der Waals surface area (Å²) in [5.74, 6) is 0.404. The number of hydrogen-bond acceptors (Lipinski definition) is 8. The third kappa shape index (κ3) is 5.43. The molecular formula is C20H24O8. The number of benzene rings is 2. The van der Waals surface area contributed by atoms with Crippen LogP contribution in [0.5, 0.6) is 17.2 Å². The molecule has 0 saturated carbocycles. The van der Waals surface area contributed by atoms with Crippen LogP contribution in [0.1, 0.15) is 21.5 Å². The van der Waals surface area contributed by atoms with Gasteiger partial charge in [0.1, 0.15) is 22.8 Å². The summed E-state index contributed by atoms with van der Waals surface area (Å²) in [6, 6.07) is 9.89. The Morgan fingerprint density at radius 2 is 1.32 bits per heavy atom. The second-order valence-electron chi connectivity index (χ2n) is 5.60. The highest BCUT2D eigenvalue weighted by molar-refractivity contribution is 6.14. The zero-order chi connectivity index (χ0) is 20.4. The minimum Gasteiger partial charge on any atom is -0.467 e. The molecule has 0 saturated heterocycles. The molecule has 0 aliphatic carbocycles. The fourth-order valence-electron chi connectivity index (χ4n) is 2.47. The standard InChI is InChI=1S/C20H24O8/c1-23-11-26-16-7-5-4-6-15(16)20(22)19-17(27-12-24-2)8-14(10-21)9-18(19)28-13-25-3/h4-9,21H,10-13H2,1-3H3. The van der Waals surface area contributed by atoms with Gasteiger partial charge in [0.2, 0.25) is 5.78 Å². The van der Waals surface area contributed by atoms with Crippen molar-refractivity contribution in [2.75, 3.05) is 41.7 Å². The van der Waals surface area contributed by atoms with Crippen LogP contribution in [0.25, 0.3) is 0 Å². The van der Waals surface area contributed by atoms with Gasteiger partial charge in [-0.15, -0.1) is 0 Å². The van der Waals surface area contributed by atoms with Crippen molar-refractivity contribution >= 4 is 5.78 Å². The van der Waals surface area contributed by atoms with Crippen molar-refractivity contribution in [3.63, 3.8) is 0 Å². The minimum absolute atomic E-state index is 0.00614. The maximum atomic E-state index is 13.4. The van der Waals surface area contributed by atoms with Crippen LogP contribution in [0.3, 0.4) is 0 Å². The van der Waals surface area contributed by atoms with Crippen LogP contribution in [-0.4, -0.2) is 52.6 Å². The average molecular weight is 392 g/mol. The maximum absolute atomic E-state index is 13.4. The highest BCUT2D eigenvalue weighted by Gasteiger charge is 2.24. The highest BCUT2D eigenvalue weighted by atomic mass is 16.7. The van der Waals surface area contributed by atoms with Gasteiger partial charge in [-0.05, 0) is 29.8 Å². The maximum Gasteiger partial charge on any atom is 0.204 e. The number of rotatable bonds is 12. The van der Waals surface area contributed by atoms with E-state index in [9.17, 15) is 9.90 Å². The lowest BCUT2D eigenvalue weighted by Crippen LogP contribution is -2.13. The Balaban J connectivity index is 2.55. The predicted octanol–water partition coefficient (Wildman–Crippen LogP) is 2.36. The van der Waals surface area contributed by atoms with Crippen LogP contribution in [0, 0.1) is 0 Å². The Bertz CT molecular complexity index is 746. The molecule has 0 spiro atoms. The van der Waals surface area contributed by atoms with Crippen molar-refractivity contribution in [3.05, 3.63) is 53.1 Å². The summed E-state index contributed by atoms with van der Waals surface area (Å²) in [7, 11) is 4.42. The molecule has 0 aromatic heterocycles. The highest BCUT2D eigenvalue weighted by Crippen LogP contribution is 2.35. The van der Waals surface area contributed by atoms with E-state index in [4.69, 9.17) is 28.4 Å². The van der Waals surface area contributed by atoms with Gasteiger partial charge in [-0.3, -0.25) is 4.79 Å². The molecule has 2 aromatic carbocycles. The first-order chi connectivity index (χ1) is 13.7. The monoisotopic (exact) mass is 392 g/mol. The lowest BCUT2D eigenvalue weighted by Gasteiger charge is -2.18. The minimum atomic E-state index is -0.381. The van der Waals surface area contributed by atoms with Crippen LogP contribution in [0.4, 0.5) is 0 Å². The third-order valence-electron chi connectivity index (χ3n) is 3.66. The fraction of sp³-hybridized carbons (Fsp3) is 0.350. The molecular weight excluding hydrogens is 368 g/mol. The molecule has 8 heteroatoms. The topological polar surface area (TPSA) is 92.7 Å². The van der Waals surface area contributed by atoms with Crippen molar-refractivity contribution in [1.29, 1.82) is 0 Å². The largest absolute Gasteiger partial charge is 0.467 e. The van der Waals surface area contributed by atoms with Gasteiger partial charge in [0.05, 0.1) is 12.2 Å². The lowest BCUT2D eigenvalue weighted by molar-refractivity contribution is 0.0442. The lowest BCUT2D eigenvalue weighted by atomic mass is 9.99. The first-order valence-electron chi connectivity index (χ1n) is 8.43. The van der Waals surface area contributed by atoms with E-state index in [2.05, 4.69) is 0 Å². The smallest absolute Gasteiger partial charge is 0.204 e. The number of ketones is 1. The van der Waals surface area contributed by atoms with Gasteiger partial charge < -0.3 is 33.5 Å². The molecule has 152 valence electrons. The van der Waals surface area contributed by atoms with E-state index < -0.39 is 0 Å². The van der Waals surface area contributed by atoms with Gasteiger partial charge in [-0.25, -0.2) is 0 Å². The van der Waals surface area contributed by atoms with Crippen LogP contribution >= 0.6 is 0 Å². The van der Waals surface area contributed by atoms with E-state index in [1.54, 1.807) is 36.4 Å². The predicted molar refractivity (Wildman–Crippen MR) is 99.8 cm³/mol. The molecule has 1 N–H and O–H groups in total. The van der Waals surface area contributed by atoms with E-state index in [1.807, 2.05) is 0 Å². The number of carbonyl (C=O) groups is 1. The number of carbonyl (C=O) groups excluding carboxylic acids is 1. The molecule has 0 unspecified atom stereocenters. The Morgan fingerprint density at radius 1 is 0.821 bits per heavy atom. The van der Waals surface area contributed by atoms with Gasteiger partial charge in [0.15, 0.2) is 20.4 Å². The number of hydrogen-bond donors (Lipinski definition) is 1. The number of ether oxygens (including phenoxy) is 6.